The molecule has 0 aliphatic rings. The van der Waals surface area contributed by atoms with Gasteiger partial charge in [-0.05, 0) is 12.5 Å². The molecule has 0 aromatic carbocycles. The third-order valence-corrected chi connectivity index (χ3v) is 1.91. The van der Waals surface area contributed by atoms with Crippen LogP contribution in [0.15, 0.2) is 18.4 Å². The molecule has 0 aliphatic heterocycles. The second-order valence-corrected chi connectivity index (χ2v) is 3.14. The number of hydrogen-bond acceptors (Lipinski definition) is 1. The number of aliphatic hydroxyl groups excluding tert-OH is 1. The van der Waals surface area contributed by atoms with Crippen molar-refractivity contribution in [2.75, 3.05) is 0 Å². The largest absolute Gasteiger partial charge is 0.388 e. The van der Waals surface area contributed by atoms with E-state index in [2.05, 4.69) is 19.2 Å². The maximum atomic E-state index is 9.25. The molecule has 0 aliphatic carbocycles. The molecule has 0 saturated heterocycles. The van der Waals surface area contributed by atoms with Crippen LogP contribution in [0.1, 0.15) is 45.4 Å². The zero-order valence-corrected chi connectivity index (χ0v) is 8.05. The zero-order valence-electron chi connectivity index (χ0n) is 8.05. The Morgan fingerprint density at radius 3 is 2.58 bits per heavy atom. The Morgan fingerprint density at radius 1 is 1.33 bits per heavy atom. The molecule has 0 bridgehead atoms. The van der Waals surface area contributed by atoms with Gasteiger partial charge in [0.05, 0.1) is 6.10 Å². The summed E-state index contributed by atoms with van der Waals surface area (Å²) in [5.41, 5.74) is 2.59. The SMILES string of the molecule is C=C=C[C@@H](O)CCCCCCC. The lowest BCUT2D eigenvalue weighted by Gasteiger charge is -2.03. The first-order chi connectivity index (χ1) is 5.81. The minimum Gasteiger partial charge on any atom is -0.388 e. The summed E-state index contributed by atoms with van der Waals surface area (Å²) in [7, 11) is 0. The summed E-state index contributed by atoms with van der Waals surface area (Å²) in [6.45, 7) is 5.62. The van der Waals surface area contributed by atoms with Crippen LogP contribution in [0.3, 0.4) is 0 Å². The van der Waals surface area contributed by atoms with Crippen LogP contribution in [0.25, 0.3) is 0 Å². The fourth-order valence-corrected chi connectivity index (χ4v) is 1.18. The molecule has 0 rings (SSSR count). The Hall–Kier alpha value is -0.520. The minimum absolute atomic E-state index is 0.330. The number of aliphatic hydroxyl groups is 1. The van der Waals surface area contributed by atoms with Crippen LogP contribution in [0.4, 0.5) is 0 Å². The molecule has 12 heavy (non-hydrogen) atoms. The predicted molar refractivity (Wildman–Crippen MR) is 53.1 cm³/mol. The maximum absolute atomic E-state index is 9.25. The molecule has 0 saturated carbocycles. The van der Waals surface area contributed by atoms with Gasteiger partial charge in [-0.2, -0.15) is 0 Å². The first-order valence-electron chi connectivity index (χ1n) is 4.85. The molecule has 0 spiro atoms. The zero-order chi connectivity index (χ0) is 9.23. The van der Waals surface area contributed by atoms with Gasteiger partial charge in [-0.15, -0.1) is 5.73 Å². The van der Waals surface area contributed by atoms with E-state index in [0.717, 1.165) is 12.8 Å². The summed E-state index contributed by atoms with van der Waals surface area (Å²) >= 11 is 0. The molecule has 0 radical (unpaired) electrons. The highest BCUT2D eigenvalue weighted by Gasteiger charge is 1.97. The summed E-state index contributed by atoms with van der Waals surface area (Å²) in [5.74, 6) is 0. The highest BCUT2D eigenvalue weighted by atomic mass is 16.3. The Balaban J connectivity index is 3.13. The third kappa shape index (κ3) is 7.59. The number of hydrogen-bond donors (Lipinski definition) is 1. The Bertz CT molecular complexity index is 134. The summed E-state index contributed by atoms with van der Waals surface area (Å²) in [6.07, 6.45) is 8.37. The molecule has 0 fully saturated rings. The second-order valence-electron chi connectivity index (χ2n) is 3.14. The van der Waals surface area contributed by atoms with Crippen LogP contribution in [-0.4, -0.2) is 11.2 Å². The highest BCUT2D eigenvalue weighted by molar-refractivity contribution is 4.83. The maximum Gasteiger partial charge on any atom is 0.0794 e. The minimum atomic E-state index is -0.330. The van der Waals surface area contributed by atoms with Crippen LogP contribution in [0, 0.1) is 0 Å². The van der Waals surface area contributed by atoms with Gasteiger partial charge in [0.1, 0.15) is 0 Å². The Labute approximate surface area is 75.8 Å². The molecule has 0 amide bonds. The lowest BCUT2D eigenvalue weighted by atomic mass is 10.1. The summed E-state index contributed by atoms with van der Waals surface area (Å²) in [5, 5.41) is 9.25. The van der Waals surface area contributed by atoms with Crippen LogP contribution in [0.5, 0.6) is 0 Å². The number of unbranched alkanes of at least 4 members (excludes halogenated alkanes) is 4. The van der Waals surface area contributed by atoms with Gasteiger partial charge in [-0.3, -0.25) is 0 Å². The van der Waals surface area contributed by atoms with Gasteiger partial charge in [0.2, 0.25) is 0 Å². The average Bonchev–Trinajstić information content (AvgIpc) is 2.05. The van der Waals surface area contributed by atoms with E-state index in [1.807, 2.05) is 0 Å². The van der Waals surface area contributed by atoms with Crippen LogP contribution < -0.4 is 0 Å². The van der Waals surface area contributed by atoms with E-state index >= 15 is 0 Å². The molecule has 1 atom stereocenters. The molecule has 0 unspecified atom stereocenters. The normalized spacial score (nSPS) is 12.2. The van der Waals surface area contributed by atoms with Crippen LogP contribution in [0.2, 0.25) is 0 Å². The van der Waals surface area contributed by atoms with Crippen molar-refractivity contribution in [3.8, 4) is 0 Å². The molecule has 1 nitrogen and oxygen atoms in total. The molecule has 1 N–H and O–H groups in total. The first kappa shape index (κ1) is 11.5. The summed E-state index contributed by atoms with van der Waals surface area (Å²) in [4.78, 5) is 0. The lowest BCUT2D eigenvalue weighted by Crippen LogP contribution is -2.00. The Kier molecular flexibility index (Phi) is 8.20. The van der Waals surface area contributed by atoms with Gasteiger partial charge >= 0.3 is 0 Å². The van der Waals surface area contributed by atoms with E-state index in [1.54, 1.807) is 6.08 Å². The van der Waals surface area contributed by atoms with Crippen molar-refractivity contribution in [2.45, 2.75) is 51.6 Å². The average molecular weight is 168 g/mol. The van der Waals surface area contributed by atoms with E-state index in [4.69, 9.17) is 0 Å². The van der Waals surface area contributed by atoms with Gasteiger partial charge in [-0.1, -0.05) is 45.6 Å². The predicted octanol–water partition coefficient (Wildman–Crippen LogP) is 3.05. The lowest BCUT2D eigenvalue weighted by molar-refractivity contribution is 0.208. The van der Waals surface area contributed by atoms with Crippen molar-refractivity contribution >= 4 is 0 Å². The fraction of sp³-hybridized carbons (Fsp3) is 0.727. The smallest absolute Gasteiger partial charge is 0.0794 e. The van der Waals surface area contributed by atoms with Crippen molar-refractivity contribution in [3.05, 3.63) is 18.4 Å². The van der Waals surface area contributed by atoms with Crippen molar-refractivity contribution in [1.29, 1.82) is 0 Å². The molecule has 0 heterocycles. The number of rotatable bonds is 7. The van der Waals surface area contributed by atoms with E-state index in [-0.39, 0.29) is 6.10 Å². The second kappa shape index (κ2) is 8.58. The van der Waals surface area contributed by atoms with E-state index in [0.29, 0.717) is 0 Å². The fourth-order valence-electron chi connectivity index (χ4n) is 1.18. The first-order valence-corrected chi connectivity index (χ1v) is 4.85. The van der Waals surface area contributed by atoms with Gasteiger partial charge in [-0.25, -0.2) is 0 Å². The van der Waals surface area contributed by atoms with Crippen molar-refractivity contribution in [3.63, 3.8) is 0 Å². The van der Waals surface area contributed by atoms with E-state index in [1.165, 1.54) is 25.7 Å². The standard InChI is InChI=1S/C11H20O/c1-3-5-6-7-8-10-11(12)9-4-2/h9,11-12H,2-3,5-8,10H2,1H3/t11-/m1/s1. The highest BCUT2D eigenvalue weighted by Crippen LogP contribution is 2.07. The molecule has 0 aromatic heterocycles. The van der Waals surface area contributed by atoms with Gasteiger partial charge in [0.25, 0.3) is 0 Å². The van der Waals surface area contributed by atoms with Crippen molar-refractivity contribution in [2.24, 2.45) is 0 Å². The molecule has 1 heteroatoms. The topological polar surface area (TPSA) is 20.2 Å². The molecular weight excluding hydrogens is 148 g/mol. The van der Waals surface area contributed by atoms with Crippen molar-refractivity contribution < 1.29 is 5.11 Å². The van der Waals surface area contributed by atoms with Crippen LogP contribution >= 0.6 is 0 Å². The van der Waals surface area contributed by atoms with Crippen molar-refractivity contribution in [1.82, 2.24) is 0 Å². The molecule has 70 valence electrons. The third-order valence-electron chi connectivity index (χ3n) is 1.91. The van der Waals surface area contributed by atoms with E-state index in [9.17, 15) is 5.11 Å². The monoisotopic (exact) mass is 168 g/mol. The quantitative estimate of drug-likeness (QED) is 0.457. The molecular formula is C11H20O. The Morgan fingerprint density at radius 2 is 2.00 bits per heavy atom. The molecule has 0 aromatic rings. The van der Waals surface area contributed by atoms with E-state index < -0.39 is 0 Å². The summed E-state index contributed by atoms with van der Waals surface area (Å²) in [6, 6.07) is 0. The van der Waals surface area contributed by atoms with Gasteiger partial charge < -0.3 is 5.11 Å². The van der Waals surface area contributed by atoms with Crippen LogP contribution in [-0.2, 0) is 0 Å². The van der Waals surface area contributed by atoms with Gasteiger partial charge in [0.15, 0.2) is 0 Å². The summed E-state index contributed by atoms with van der Waals surface area (Å²) < 4.78 is 0. The van der Waals surface area contributed by atoms with Gasteiger partial charge in [0, 0.05) is 0 Å².